The molecule has 0 aliphatic heterocycles. The van der Waals surface area contributed by atoms with Crippen LogP contribution in [0, 0.1) is 0 Å². The minimum absolute atomic E-state index is 1.17. The lowest BCUT2D eigenvalue weighted by atomic mass is 10.4. The van der Waals surface area contributed by atoms with Crippen LogP contribution in [-0.2, 0) is 0 Å². The lowest BCUT2D eigenvalue weighted by Crippen LogP contribution is -1.43. The predicted octanol–water partition coefficient (Wildman–Crippen LogP) is 6.18. The Bertz CT molecular complexity index is 169. The average molecular weight is 283 g/mol. The second kappa shape index (κ2) is 66.7. The Morgan fingerprint density at radius 2 is 0.700 bits per heavy atom. The fourth-order valence-electron chi connectivity index (χ4n) is 0. The van der Waals surface area contributed by atoms with Gasteiger partial charge in [0.15, 0.2) is 0 Å². The van der Waals surface area contributed by atoms with Crippen molar-refractivity contribution >= 4 is 13.4 Å². The number of hydrogen-bond donors (Lipinski definition) is 0. The van der Waals surface area contributed by atoms with E-state index >= 15 is 0 Å². The standard InChI is InChI=1S/2C4H8.2C3H6.2C2H5N/c2*1-4(2)3;4*1-3-2/h2*1H2,2-3H3;2*3H,1H2,2H3;2*1H2,2H3. The summed E-state index contributed by atoms with van der Waals surface area (Å²) in [5.74, 6) is 0. The third-order valence-electron chi connectivity index (χ3n) is 0. The smallest absolute Gasteiger partial charge is 0.0269 e. The lowest BCUT2D eigenvalue weighted by Gasteiger charge is -1.65. The maximum absolute atomic E-state index is 3.56. The Morgan fingerprint density at radius 3 is 0.700 bits per heavy atom. The second-order valence-electron chi connectivity index (χ2n) is 3.86. The van der Waals surface area contributed by atoms with Gasteiger partial charge in [-0.05, 0) is 55.0 Å². The van der Waals surface area contributed by atoms with Crippen LogP contribution in [0.5, 0.6) is 0 Å². The fraction of sp³-hybridized carbons (Fsp3) is 0.444. The molecule has 0 rings (SSSR count). The molecule has 0 saturated carbocycles. The van der Waals surface area contributed by atoms with Gasteiger partial charge in [-0.1, -0.05) is 23.3 Å². The Kier molecular flexibility index (Phi) is 121. The van der Waals surface area contributed by atoms with Crippen LogP contribution in [0.2, 0.25) is 0 Å². The molecule has 2 heteroatoms. The van der Waals surface area contributed by atoms with Gasteiger partial charge in [0.25, 0.3) is 0 Å². The highest BCUT2D eigenvalue weighted by Crippen LogP contribution is 1.74. The third-order valence-corrected chi connectivity index (χ3v) is 0. The van der Waals surface area contributed by atoms with Gasteiger partial charge in [-0.3, -0.25) is 0 Å². The number of nitrogens with zero attached hydrogens (tertiary/aromatic N) is 2. The quantitative estimate of drug-likeness (QED) is 0.374. The summed E-state index contributed by atoms with van der Waals surface area (Å²) in [4.78, 5) is 6.50. The Hall–Kier alpha value is -1.70. The highest BCUT2D eigenvalue weighted by atomic mass is 14.6. The zero-order chi connectivity index (χ0) is 18.0. The van der Waals surface area contributed by atoms with Gasteiger partial charge in [-0.2, -0.15) is 0 Å². The summed E-state index contributed by atoms with van der Waals surface area (Å²) in [5.41, 5.74) is 2.33. The first-order chi connectivity index (χ1) is 9.12. The molecule has 0 aliphatic carbocycles. The van der Waals surface area contributed by atoms with Gasteiger partial charge < -0.3 is 9.98 Å². The normalized spacial score (nSPS) is 5.20. The molecular weight excluding hydrogens is 244 g/mol. The maximum atomic E-state index is 3.56. The van der Waals surface area contributed by atoms with Crippen LogP contribution < -0.4 is 0 Å². The van der Waals surface area contributed by atoms with E-state index in [1.165, 1.54) is 11.1 Å². The van der Waals surface area contributed by atoms with E-state index in [0.717, 1.165) is 0 Å². The minimum atomic E-state index is 1.17. The summed E-state index contributed by atoms with van der Waals surface area (Å²) in [5, 5.41) is 0. The van der Waals surface area contributed by atoms with Crippen LogP contribution in [0.25, 0.3) is 0 Å². The van der Waals surface area contributed by atoms with Gasteiger partial charge in [0.1, 0.15) is 0 Å². The summed E-state index contributed by atoms with van der Waals surface area (Å²) in [6.45, 7) is 31.7. The Labute approximate surface area is 129 Å². The zero-order valence-electron chi connectivity index (χ0n) is 15.3. The van der Waals surface area contributed by atoms with E-state index in [9.17, 15) is 0 Å². The van der Waals surface area contributed by atoms with Crippen LogP contribution in [0.1, 0.15) is 41.5 Å². The first-order valence-corrected chi connectivity index (χ1v) is 6.21. The van der Waals surface area contributed by atoms with Crippen molar-refractivity contribution in [3.63, 3.8) is 0 Å². The van der Waals surface area contributed by atoms with E-state index in [-0.39, 0.29) is 0 Å². The molecule has 0 fully saturated rings. The van der Waals surface area contributed by atoms with Crippen LogP contribution in [-0.4, -0.2) is 27.5 Å². The summed E-state index contributed by atoms with van der Waals surface area (Å²) in [7, 11) is 3.28. The molecule has 0 atom stereocenters. The third kappa shape index (κ3) is 1320. The molecule has 0 radical (unpaired) electrons. The van der Waals surface area contributed by atoms with Crippen LogP contribution in [0.4, 0.5) is 0 Å². The maximum Gasteiger partial charge on any atom is 0.0269 e. The predicted molar refractivity (Wildman–Crippen MR) is 104 cm³/mol. The van der Waals surface area contributed by atoms with Gasteiger partial charge in [0, 0.05) is 14.1 Å². The van der Waals surface area contributed by atoms with Crippen molar-refractivity contribution in [2.75, 3.05) is 14.1 Å². The minimum Gasteiger partial charge on any atom is -0.304 e. The second-order valence-corrected chi connectivity index (χ2v) is 3.86. The number of hydrogen-bond acceptors (Lipinski definition) is 2. The fourth-order valence-corrected chi connectivity index (χ4v) is 0. The molecule has 20 heavy (non-hydrogen) atoms. The molecule has 0 amide bonds. The molecule has 0 aromatic carbocycles. The highest BCUT2D eigenvalue weighted by molar-refractivity contribution is 5.22. The molecule has 0 N–H and O–H groups in total. The van der Waals surface area contributed by atoms with Crippen molar-refractivity contribution in [1.82, 2.24) is 0 Å². The molecule has 0 aromatic heterocycles. The van der Waals surface area contributed by atoms with E-state index in [0.29, 0.717) is 0 Å². The van der Waals surface area contributed by atoms with Gasteiger partial charge >= 0.3 is 0 Å². The van der Waals surface area contributed by atoms with Crippen molar-refractivity contribution in [3.05, 3.63) is 49.6 Å². The van der Waals surface area contributed by atoms with Crippen LogP contribution in [0.15, 0.2) is 59.6 Å². The van der Waals surface area contributed by atoms with Crippen molar-refractivity contribution in [1.29, 1.82) is 0 Å². The summed E-state index contributed by atoms with van der Waals surface area (Å²) < 4.78 is 0. The van der Waals surface area contributed by atoms with Gasteiger partial charge in [0.2, 0.25) is 0 Å². The molecule has 0 bridgehead atoms. The molecule has 0 aliphatic rings. The summed E-state index contributed by atoms with van der Waals surface area (Å²) in [6.07, 6.45) is 3.50. The van der Waals surface area contributed by atoms with Crippen molar-refractivity contribution in [2.24, 2.45) is 9.98 Å². The van der Waals surface area contributed by atoms with Crippen molar-refractivity contribution in [2.45, 2.75) is 41.5 Å². The molecule has 0 saturated heterocycles. The monoisotopic (exact) mass is 282 g/mol. The van der Waals surface area contributed by atoms with E-state index < -0.39 is 0 Å². The number of allylic oxidation sites excluding steroid dienone is 4. The lowest BCUT2D eigenvalue weighted by molar-refractivity contribution is 1.42. The van der Waals surface area contributed by atoms with E-state index in [1.807, 2.05) is 41.5 Å². The van der Waals surface area contributed by atoms with Gasteiger partial charge in [-0.25, -0.2) is 0 Å². The Balaban J connectivity index is -0.0000000296. The molecular formula is C18H38N2. The summed E-state index contributed by atoms with van der Waals surface area (Å²) >= 11 is 0. The molecule has 2 nitrogen and oxygen atoms in total. The largest absolute Gasteiger partial charge is 0.304 e. The SMILES string of the molecule is C=C(C)C.C=C(C)C.C=CC.C=CC.C=NC.C=NC. The molecule has 0 spiro atoms. The molecule has 120 valence electrons. The Morgan fingerprint density at radius 1 is 0.700 bits per heavy atom. The van der Waals surface area contributed by atoms with Crippen molar-refractivity contribution < 1.29 is 0 Å². The van der Waals surface area contributed by atoms with Crippen molar-refractivity contribution in [3.8, 4) is 0 Å². The number of rotatable bonds is 0. The van der Waals surface area contributed by atoms with Crippen LogP contribution in [0.3, 0.4) is 0 Å². The van der Waals surface area contributed by atoms with E-state index in [4.69, 9.17) is 0 Å². The molecule has 0 aromatic rings. The van der Waals surface area contributed by atoms with Crippen LogP contribution >= 0.6 is 0 Å². The first kappa shape index (κ1) is 36.2. The molecule has 0 unspecified atom stereocenters. The topological polar surface area (TPSA) is 24.7 Å². The highest BCUT2D eigenvalue weighted by Gasteiger charge is 1.52. The number of aliphatic imine (C=N–C) groups is 2. The van der Waals surface area contributed by atoms with E-state index in [2.05, 4.69) is 49.7 Å². The van der Waals surface area contributed by atoms with E-state index in [1.54, 1.807) is 26.2 Å². The first-order valence-electron chi connectivity index (χ1n) is 6.21. The van der Waals surface area contributed by atoms with Gasteiger partial charge in [0.05, 0.1) is 0 Å². The summed E-state index contributed by atoms with van der Waals surface area (Å²) in [6, 6.07) is 0. The average Bonchev–Trinajstić information content (AvgIpc) is 2.18. The zero-order valence-corrected chi connectivity index (χ0v) is 15.3. The molecule has 0 heterocycles. The van der Waals surface area contributed by atoms with Gasteiger partial charge in [-0.15, -0.1) is 26.3 Å².